The Labute approximate surface area is 163 Å². The van der Waals surface area contributed by atoms with Gasteiger partial charge in [-0.15, -0.1) is 0 Å². The fraction of sp³-hybridized carbons (Fsp3) is 0.476. The standard InChI is InChI=1S/C21H24N6O/c1-21(5-6-21)28-15-3-4-17-16(8-15)20(25-24-17)18-9-19(23-12-22-18)27-11-13-7-14(27)10-26(13)2/h3-4,8-9,12-14H,5-7,10-11H2,1-2H3,(H,24,25)/t13-,14-/m0/s1. The molecule has 3 aliphatic rings. The number of anilines is 1. The summed E-state index contributed by atoms with van der Waals surface area (Å²) in [7, 11) is 2.21. The van der Waals surface area contributed by atoms with Crippen LogP contribution in [0.5, 0.6) is 5.75 Å². The van der Waals surface area contributed by atoms with Gasteiger partial charge in [0.1, 0.15) is 29.2 Å². The quantitative estimate of drug-likeness (QED) is 0.755. The van der Waals surface area contributed by atoms with Gasteiger partial charge in [-0.1, -0.05) is 0 Å². The Morgan fingerprint density at radius 1 is 1.14 bits per heavy atom. The van der Waals surface area contributed by atoms with Crippen molar-refractivity contribution in [3.05, 3.63) is 30.6 Å². The van der Waals surface area contributed by atoms with Crippen LogP contribution in [0.2, 0.25) is 0 Å². The number of nitrogens with one attached hydrogen (secondary N) is 1. The number of hydrogen-bond donors (Lipinski definition) is 1. The average Bonchev–Trinajstić information content (AvgIpc) is 3.05. The Hall–Kier alpha value is -2.67. The monoisotopic (exact) mass is 376 g/mol. The number of likely N-dealkylation sites (tertiary alicyclic amines) is 1. The van der Waals surface area contributed by atoms with Crippen LogP contribution < -0.4 is 9.64 Å². The van der Waals surface area contributed by atoms with Crippen LogP contribution in [-0.2, 0) is 0 Å². The molecule has 7 nitrogen and oxygen atoms in total. The molecule has 0 amide bonds. The number of piperazine rings is 1. The molecular weight excluding hydrogens is 352 g/mol. The number of ether oxygens (including phenoxy) is 1. The zero-order valence-electron chi connectivity index (χ0n) is 16.2. The Morgan fingerprint density at radius 2 is 2.04 bits per heavy atom. The first-order valence-corrected chi connectivity index (χ1v) is 10.0. The summed E-state index contributed by atoms with van der Waals surface area (Å²) in [5.74, 6) is 1.89. The SMILES string of the molecule is CN1C[C@@H]2C[C@H]1CN2c1cc(-c2n[nH]c3ccc(OC4(C)CC4)cc23)ncn1. The third kappa shape index (κ3) is 2.57. The molecule has 0 unspecified atom stereocenters. The van der Waals surface area contributed by atoms with E-state index in [4.69, 9.17) is 4.74 Å². The second-order valence-corrected chi connectivity index (χ2v) is 8.73. The summed E-state index contributed by atoms with van der Waals surface area (Å²) in [4.78, 5) is 14.0. The van der Waals surface area contributed by atoms with Crippen molar-refractivity contribution >= 4 is 16.7 Å². The van der Waals surface area contributed by atoms with Crippen molar-refractivity contribution < 1.29 is 4.74 Å². The van der Waals surface area contributed by atoms with Crippen molar-refractivity contribution in [2.75, 3.05) is 25.0 Å². The molecule has 2 saturated heterocycles. The highest BCUT2D eigenvalue weighted by molar-refractivity contribution is 5.93. The second kappa shape index (κ2) is 5.67. The zero-order valence-corrected chi connectivity index (χ0v) is 16.2. The van der Waals surface area contributed by atoms with Gasteiger partial charge in [-0.2, -0.15) is 5.10 Å². The van der Waals surface area contributed by atoms with Gasteiger partial charge in [0.05, 0.1) is 11.2 Å². The summed E-state index contributed by atoms with van der Waals surface area (Å²) in [6.07, 6.45) is 5.12. The molecule has 1 aliphatic carbocycles. The summed E-state index contributed by atoms with van der Waals surface area (Å²) in [5, 5.41) is 8.71. The number of H-pyrrole nitrogens is 1. The van der Waals surface area contributed by atoms with Crippen molar-refractivity contribution in [2.24, 2.45) is 0 Å². The van der Waals surface area contributed by atoms with Crippen LogP contribution in [0.1, 0.15) is 26.2 Å². The molecule has 6 rings (SSSR count). The molecule has 3 aromatic rings. The normalized spacial score (nSPS) is 25.6. The lowest BCUT2D eigenvalue weighted by Gasteiger charge is -2.32. The molecule has 2 aliphatic heterocycles. The topological polar surface area (TPSA) is 70.2 Å². The van der Waals surface area contributed by atoms with Crippen LogP contribution in [0.15, 0.2) is 30.6 Å². The predicted octanol–water partition coefficient (Wildman–Crippen LogP) is 2.84. The molecule has 4 heterocycles. The van der Waals surface area contributed by atoms with Gasteiger partial charge in [-0.05, 0) is 51.4 Å². The maximum absolute atomic E-state index is 6.14. The van der Waals surface area contributed by atoms with Crippen LogP contribution in [0.25, 0.3) is 22.3 Å². The molecule has 144 valence electrons. The number of likely N-dealkylation sites (N-methyl/N-ethyl adjacent to an activating group) is 1. The van der Waals surface area contributed by atoms with E-state index in [1.54, 1.807) is 6.33 Å². The molecule has 1 aromatic carbocycles. The van der Waals surface area contributed by atoms with E-state index in [0.717, 1.165) is 59.8 Å². The van der Waals surface area contributed by atoms with Gasteiger partial charge in [0.15, 0.2) is 0 Å². The van der Waals surface area contributed by atoms with Crippen molar-refractivity contribution in [1.82, 2.24) is 25.1 Å². The number of aromatic amines is 1. The highest BCUT2D eigenvalue weighted by Gasteiger charge is 2.42. The summed E-state index contributed by atoms with van der Waals surface area (Å²) in [6, 6.07) is 9.38. The highest BCUT2D eigenvalue weighted by Crippen LogP contribution is 2.41. The minimum atomic E-state index is 0.00188. The lowest BCUT2D eigenvalue weighted by atomic mass is 10.1. The molecule has 0 radical (unpaired) electrons. The van der Waals surface area contributed by atoms with Crippen LogP contribution >= 0.6 is 0 Å². The number of aromatic nitrogens is 4. The van der Waals surface area contributed by atoms with Crippen molar-refractivity contribution in [3.63, 3.8) is 0 Å². The number of benzene rings is 1. The van der Waals surface area contributed by atoms with E-state index >= 15 is 0 Å². The molecule has 0 spiro atoms. The second-order valence-electron chi connectivity index (χ2n) is 8.73. The molecular formula is C21H24N6O. The molecule has 28 heavy (non-hydrogen) atoms. The maximum Gasteiger partial charge on any atom is 0.132 e. The zero-order chi connectivity index (χ0) is 18.9. The Bertz CT molecular complexity index is 1060. The van der Waals surface area contributed by atoms with E-state index in [9.17, 15) is 0 Å². The molecule has 3 fully saturated rings. The van der Waals surface area contributed by atoms with E-state index in [-0.39, 0.29) is 5.60 Å². The lowest BCUT2D eigenvalue weighted by Crippen LogP contribution is -2.44. The van der Waals surface area contributed by atoms with E-state index in [0.29, 0.717) is 12.1 Å². The molecule has 7 heteroatoms. The smallest absolute Gasteiger partial charge is 0.132 e. The summed E-state index contributed by atoms with van der Waals surface area (Å²) >= 11 is 0. The average molecular weight is 376 g/mol. The molecule has 2 aromatic heterocycles. The number of hydrogen-bond acceptors (Lipinski definition) is 6. The summed E-state index contributed by atoms with van der Waals surface area (Å²) in [6.45, 7) is 4.30. The van der Waals surface area contributed by atoms with Crippen molar-refractivity contribution in [2.45, 2.75) is 43.9 Å². The number of fused-ring (bicyclic) bond motifs is 3. The third-order valence-electron chi connectivity index (χ3n) is 6.56. The van der Waals surface area contributed by atoms with Gasteiger partial charge in [-0.25, -0.2) is 9.97 Å². The Kier molecular flexibility index (Phi) is 3.30. The van der Waals surface area contributed by atoms with E-state index in [1.807, 2.05) is 12.1 Å². The van der Waals surface area contributed by atoms with E-state index in [1.165, 1.54) is 6.42 Å². The van der Waals surface area contributed by atoms with Crippen molar-refractivity contribution in [3.8, 4) is 17.1 Å². The first-order chi connectivity index (χ1) is 13.6. The minimum absolute atomic E-state index is 0.00188. The van der Waals surface area contributed by atoms with Gasteiger partial charge in [0.2, 0.25) is 0 Å². The van der Waals surface area contributed by atoms with Crippen LogP contribution in [0, 0.1) is 0 Å². The molecule has 1 saturated carbocycles. The predicted molar refractivity (Wildman–Crippen MR) is 108 cm³/mol. The highest BCUT2D eigenvalue weighted by atomic mass is 16.5. The summed E-state index contributed by atoms with van der Waals surface area (Å²) in [5.41, 5.74) is 2.70. The van der Waals surface area contributed by atoms with E-state index in [2.05, 4.69) is 56.1 Å². The first-order valence-electron chi connectivity index (χ1n) is 10.0. The molecule has 2 bridgehead atoms. The van der Waals surface area contributed by atoms with Crippen LogP contribution in [0.3, 0.4) is 0 Å². The van der Waals surface area contributed by atoms with Gasteiger partial charge in [-0.3, -0.25) is 10.00 Å². The molecule has 1 N–H and O–H groups in total. The minimum Gasteiger partial charge on any atom is -0.488 e. The van der Waals surface area contributed by atoms with Gasteiger partial charge in [0.25, 0.3) is 0 Å². The third-order valence-corrected chi connectivity index (χ3v) is 6.56. The van der Waals surface area contributed by atoms with Gasteiger partial charge >= 0.3 is 0 Å². The fourth-order valence-electron chi connectivity index (χ4n) is 4.59. The number of nitrogens with zero attached hydrogens (tertiary/aromatic N) is 5. The Morgan fingerprint density at radius 3 is 2.79 bits per heavy atom. The van der Waals surface area contributed by atoms with Gasteiger partial charge in [0, 0.05) is 36.6 Å². The Balaban J connectivity index is 1.35. The van der Waals surface area contributed by atoms with Crippen molar-refractivity contribution in [1.29, 1.82) is 0 Å². The van der Waals surface area contributed by atoms with Gasteiger partial charge < -0.3 is 9.64 Å². The van der Waals surface area contributed by atoms with Crippen LogP contribution in [0.4, 0.5) is 5.82 Å². The molecule has 2 atom stereocenters. The number of rotatable bonds is 4. The first kappa shape index (κ1) is 16.3. The van der Waals surface area contributed by atoms with Crippen LogP contribution in [-0.4, -0.2) is 62.9 Å². The van der Waals surface area contributed by atoms with E-state index < -0.39 is 0 Å². The lowest BCUT2D eigenvalue weighted by molar-refractivity contribution is 0.200. The fourth-order valence-corrected chi connectivity index (χ4v) is 4.59. The summed E-state index contributed by atoms with van der Waals surface area (Å²) < 4.78 is 6.14. The maximum atomic E-state index is 6.14. The largest absolute Gasteiger partial charge is 0.488 e.